The fraction of sp³-hybridized carbons (Fsp3) is 0.400. The first-order valence-corrected chi connectivity index (χ1v) is 7.00. The van der Waals surface area contributed by atoms with Crippen LogP contribution < -0.4 is 11.1 Å². The molecule has 0 spiro atoms. The van der Waals surface area contributed by atoms with Crippen molar-refractivity contribution in [2.45, 2.75) is 18.5 Å². The summed E-state index contributed by atoms with van der Waals surface area (Å²) in [6.45, 7) is 0.0568. The van der Waals surface area contributed by atoms with Gasteiger partial charge < -0.3 is 20.7 Å². The Balaban J connectivity index is 2.06. The van der Waals surface area contributed by atoms with E-state index < -0.39 is 12.0 Å². The second-order valence-electron chi connectivity index (χ2n) is 5.06. The van der Waals surface area contributed by atoms with E-state index in [0.717, 1.165) is 0 Å². The van der Waals surface area contributed by atoms with Crippen LogP contribution in [0.15, 0.2) is 30.3 Å². The first-order chi connectivity index (χ1) is 10.6. The Morgan fingerprint density at radius 2 is 2.00 bits per heavy atom. The maximum atomic E-state index is 12.1. The van der Waals surface area contributed by atoms with Crippen LogP contribution in [-0.2, 0) is 14.3 Å². The van der Waals surface area contributed by atoms with Crippen molar-refractivity contribution in [2.75, 3.05) is 20.2 Å². The number of hydrogen-bond donors (Lipinski definition) is 2. The molecule has 7 heteroatoms. The van der Waals surface area contributed by atoms with Crippen molar-refractivity contribution in [3.63, 3.8) is 0 Å². The van der Waals surface area contributed by atoms with Gasteiger partial charge in [0, 0.05) is 24.6 Å². The topological polar surface area (TPSA) is 102 Å². The van der Waals surface area contributed by atoms with Crippen molar-refractivity contribution >= 4 is 17.8 Å². The highest BCUT2D eigenvalue weighted by atomic mass is 16.5. The standard InChI is InChI=1S/C15H19N3O4/c1-22-15(21)12-7-11(9-18(12)13(19)8-16)17-14(20)10-5-3-2-4-6-10/h2-6,11-12H,7-9,16H2,1H3,(H,17,20). The highest BCUT2D eigenvalue weighted by Gasteiger charge is 2.40. The molecule has 2 atom stereocenters. The predicted octanol–water partition coefficient (Wildman–Crippen LogP) is -0.482. The number of carbonyl (C=O) groups is 3. The summed E-state index contributed by atoms with van der Waals surface area (Å²) in [7, 11) is 1.27. The number of benzene rings is 1. The van der Waals surface area contributed by atoms with E-state index in [1.54, 1.807) is 24.3 Å². The van der Waals surface area contributed by atoms with Crippen molar-refractivity contribution in [3.8, 4) is 0 Å². The fourth-order valence-electron chi connectivity index (χ4n) is 2.55. The number of methoxy groups -OCH3 is 1. The zero-order valence-electron chi connectivity index (χ0n) is 12.3. The Bertz CT molecular complexity index is 537. The van der Waals surface area contributed by atoms with Crippen LogP contribution in [0.1, 0.15) is 16.8 Å². The van der Waals surface area contributed by atoms with E-state index in [0.29, 0.717) is 12.0 Å². The fourth-order valence-corrected chi connectivity index (χ4v) is 2.55. The van der Waals surface area contributed by atoms with Gasteiger partial charge in [0.15, 0.2) is 0 Å². The molecule has 1 aromatic carbocycles. The number of ether oxygens (including phenoxy) is 1. The largest absolute Gasteiger partial charge is 0.467 e. The molecule has 2 unspecified atom stereocenters. The minimum absolute atomic E-state index is 0.188. The van der Waals surface area contributed by atoms with Crippen LogP contribution in [0.25, 0.3) is 0 Å². The molecular formula is C15H19N3O4. The number of nitrogens with zero attached hydrogens (tertiary/aromatic N) is 1. The zero-order chi connectivity index (χ0) is 16.1. The first kappa shape index (κ1) is 16.0. The molecule has 0 bridgehead atoms. The number of nitrogens with one attached hydrogen (secondary N) is 1. The second-order valence-corrected chi connectivity index (χ2v) is 5.06. The van der Waals surface area contributed by atoms with Crippen LogP contribution in [0.3, 0.4) is 0 Å². The minimum Gasteiger partial charge on any atom is -0.467 e. The van der Waals surface area contributed by atoms with E-state index in [1.165, 1.54) is 12.0 Å². The van der Waals surface area contributed by atoms with Crippen molar-refractivity contribution in [1.82, 2.24) is 10.2 Å². The summed E-state index contributed by atoms with van der Waals surface area (Å²) < 4.78 is 4.71. The van der Waals surface area contributed by atoms with Gasteiger partial charge in [-0.25, -0.2) is 4.79 Å². The minimum atomic E-state index is -0.706. The summed E-state index contributed by atoms with van der Waals surface area (Å²) in [4.78, 5) is 37.1. The quantitative estimate of drug-likeness (QED) is 0.731. The summed E-state index contributed by atoms with van der Waals surface area (Å²) in [6.07, 6.45) is 0.316. The molecule has 1 aliphatic rings. The third kappa shape index (κ3) is 3.43. The summed E-state index contributed by atoms with van der Waals surface area (Å²) in [5.74, 6) is -1.08. The monoisotopic (exact) mass is 305 g/mol. The van der Waals surface area contributed by atoms with Crippen LogP contribution in [0.4, 0.5) is 0 Å². The van der Waals surface area contributed by atoms with Gasteiger partial charge in [0.25, 0.3) is 5.91 Å². The van der Waals surface area contributed by atoms with E-state index in [-0.39, 0.29) is 30.9 Å². The Hall–Kier alpha value is -2.41. The lowest BCUT2D eigenvalue weighted by Crippen LogP contribution is -2.44. The van der Waals surface area contributed by atoms with Crippen LogP contribution >= 0.6 is 0 Å². The highest BCUT2D eigenvalue weighted by molar-refractivity contribution is 5.94. The molecule has 0 aliphatic carbocycles. The van der Waals surface area contributed by atoms with Gasteiger partial charge in [0.1, 0.15) is 6.04 Å². The van der Waals surface area contributed by atoms with Crippen molar-refractivity contribution in [1.29, 1.82) is 0 Å². The first-order valence-electron chi connectivity index (χ1n) is 7.00. The molecule has 22 heavy (non-hydrogen) atoms. The summed E-state index contributed by atoms with van der Waals surface area (Å²) in [5, 5.41) is 2.83. The number of rotatable bonds is 4. The number of nitrogens with two attached hydrogens (primary N) is 1. The van der Waals surface area contributed by atoms with Gasteiger partial charge in [-0.05, 0) is 12.1 Å². The number of hydrogen-bond acceptors (Lipinski definition) is 5. The van der Waals surface area contributed by atoms with Crippen LogP contribution in [0.2, 0.25) is 0 Å². The van der Waals surface area contributed by atoms with Gasteiger partial charge in [-0.2, -0.15) is 0 Å². The van der Waals surface area contributed by atoms with E-state index in [4.69, 9.17) is 10.5 Å². The van der Waals surface area contributed by atoms with Gasteiger partial charge in [-0.3, -0.25) is 9.59 Å². The number of carbonyl (C=O) groups excluding carboxylic acids is 3. The summed E-state index contributed by atoms with van der Waals surface area (Å²) in [6, 6.07) is 7.74. The molecule has 118 valence electrons. The molecule has 0 saturated carbocycles. The number of likely N-dealkylation sites (tertiary alicyclic amines) is 1. The molecule has 0 aromatic heterocycles. The molecule has 3 N–H and O–H groups in total. The Labute approximate surface area is 128 Å². The van der Waals surface area contributed by atoms with E-state index in [9.17, 15) is 14.4 Å². The predicted molar refractivity (Wildman–Crippen MR) is 78.9 cm³/mol. The van der Waals surface area contributed by atoms with Crippen molar-refractivity contribution < 1.29 is 19.1 Å². The molecule has 1 heterocycles. The molecule has 1 aromatic rings. The lowest BCUT2D eigenvalue weighted by atomic mass is 10.1. The van der Waals surface area contributed by atoms with Gasteiger partial charge >= 0.3 is 5.97 Å². The van der Waals surface area contributed by atoms with E-state index in [1.807, 2.05) is 6.07 Å². The summed E-state index contributed by atoms with van der Waals surface area (Å²) in [5.41, 5.74) is 5.89. The van der Waals surface area contributed by atoms with E-state index >= 15 is 0 Å². The van der Waals surface area contributed by atoms with Gasteiger partial charge in [0.2, 0.25) is 5.91 Å². The maximum absolute atomic E-state index is 12.1. The van der Waals surface area contributed by atoms with Gasteiger partial charge in [-0.1, -0.05) is 18.2 Å². The lowest BCUT2D eigenvalue weighted by molar-refractivity contribution is -0.150. The van der Waals surface area contributed by atoms with Gasteiger partial charge in [0.05, 0.1) is 13.7 Å². The molecular weight excluding hydrogens is 286 g/mol. The average Bonchev–Trinajstić information content (AvgIpc) is 2.98. The highest BCUT2D eigenvalue weighted by Crippen LogP contribution is 2.19. The third-order valence-electron chi connectivity index (χ3n) is 3.64. The average molecular weight is 305 g/mol. The Morgan fingerprint density at radius 1 is 1.32 bits per heavy atom. The lowest BCUT2D eigenvalue weighted by Gasteiger charge is -2.21. The van der Waals surface area contributed by atoms with Crippen LogP contribution in [-0.4, -0.2) is 55.0 Å². The molecule has 1 saturated heterocycles. The molecule has 2 amide bonds. The van der Waals surface area contributed by atoms with Crippen molar-refractivity contribution in [3.05, 3.63) is 35.9 Å². The third-order valence-corrected chi connectivity index (χ3v) is 3.64. The van der Waals surface area contributed by atoms with Gasteiger partial charge in [-0.15, -0.1) is 0 Å². The molecule has 2 rings (SSSR count). The number of amides is 2. The van der Waals surface area contributed by atoms with E-state index in [2.05, 4.69) is 5.32 Å². The smallest absolute Gasteiger partial charge is 0.328 e. The maximum Gasteiger partial charge on any atom is 0.328 e. The second kappa shape index (κ2) is 7.04. The summed E-state index contributed by atoms with van der Waals surface area (Å²) >= 11 is 0. The molecule has 1 fully saturated rings. The number of esters is 1. The molecule has 1 aliphatic heterocycles. The SMILES string of the molecule is COC(=O)C1CC(NC(=O)c2ccccc2)CN1C(=O)CN. The van der Waals surface area contributed by atoms with Crippen LogP contribution in [0, 0.1) is 0 Å². The Kier molecular flexibility index (Phi) is 5.11. The zero-order valence-corrected chi connectivity index (χ0v) is 12.3. The van der Waals surface area contributed by atoms with Crippen LogP contribution in [0.5, 0.6) is 0 Å². The van der Waals surface area contributed by atoms with Crippen molar-refractivity contribution in [2.24, 2.45) is 5.73 Å². The normalized spacial score (nSPS) is 20.5. The molecule has 7 nitrogen and oxygen atoms in total. The Morgan fingerprint density at radius 3 is 2.59 bits per heavy atom. The molecule has 0 radical (unpaired) electrons.